The van der Waals surface area contributed by atoms with Crippen molar-refractivity contribution < 1.29 is 18.9 Å². The van der Waals surface area contributed by atoms with E-state index in [-0.39, 0.29) is 18.9 Å². The van der Waals surface area contributed by atoms with Crippen molar-refractivity contribution in [2.75, 3.05) is 19.6 Å². The summed E-state index contributed by atoms with van der Waals surface area (Å²) in [5.74, 6) is 0. The maximum Gasteiger partial charge on any atom is 1.00 e. The molecule has 0 amide bonds. The van der Waals surface area contributed by atoms with Crippen molar-refractivity contribution >= 4 is 0 Å². The molecule has 0 N–H and O–H groups in total. The molecule has 1 nitrogen and oxygen atoms in total. The molecule has 10 heavy (non-hydrogen) atoms. The molecule has 1 aliphatic heterocycles. The number of hydrogen-bond donors (Lipinski definition) is 0. The van der Waals surface area contributed by atoms with Crippen LogP contribution in [-0.2, 0) is 0 Å². The van der Waals surface area contributed by atoms with Gasteiger partial charge in [0.2, 0.25) is 0 Å². The van der Waals surface area contributed by atoms with Crippen molar-refractivity contribution in [3.63, 3.8) is 0 Å². The second kappa shape index (κ2) is 6.04. The predicted octanol–water partition coefficient (Wildman–Crippen LogP) is -1.52. The molecule has 0 aliphatic carbocycles. The van der Waals surface area contributed by atoms with Crippen LogP contribution in [0.1, 0.15) is 12.8 Å². The van der Waals surface area contributed by atoms with Crippen molar-refractivity contribution in [2.24, 2.45) is 0 Å². The van der Waals surface area contributed by atoms with E-state index < -0.39 is 0 Å². The largest absolute Gasteiger partial charge is 1.00 e. The normalized spacial score (nSPS) is 18.5. The van der Waals surface area contributed by atoms with Crippen molar-refractivity contribution in [3.05, 3.63) is 19.1 Å². The minimum Gasteiger partial charge on any atom is -0.342 e. The third-order valence-corrected chi connectivity index (χ3v) is 1.62. The second-order valence-corrected chi connectivity index (χ2v) is 2.41. The molecule has 52 valence electrons. The molecule has 1 heterocycles. The van der Waals surface area contributed by atoms with Crippen LogP contribution in [0.25, 0.3) is 0 Å². The molecule has 0 atom stereocenters. The molecular weight excluding hydrogens is 117 g/mol. The zero-order chi connectivity index (χ0) is 6.53. The molecule has 0 fully saturated rings. The van der Waals surface area contributed by atoms with E-state index in [0.717, 1.165) is 19.5 Å². The monoisotopic (exact) mass is 131 g/mol. The first-order valence-corrected chi connectivity index (χ1v) is 3.60. The maximum absolute atomic E-state index is 3.81. The van der Waals surface area contributed by atoms with Crippen LogP contribution in [0, 0.1) is 6.92 Å². The molecule has 0 aromatic heterocycles. The van der Waals surface area contributed by atoms with Gasteiger partial charge in [-0.1, -0.05) is 12.2 Å². The SMILES string of the molecule is [CH2-]CCN1CC=CCC1.[Li+]. The van der Waals surface area contributed by atoms with E-state index in [4.69, 9.17) is 0 Å². The van der Waals surface area contributed by atoms with Crippen molar-refractivity contribution in [1.29, 1.82) is 0 Å². The van der Waals surface area contributed by atoms with E-state index in [2.05, 4.69) is 24.0 Å². The fraction of sp³-hybridized carbons (Fsp3) is 0.625. The summed E-state index contributed by atoms with van der Waals surface area (Å²) in [5.41, 5.74) is 0. The average molecular weight is 131 g/mol. The van der Waals surface area contributed by atoms with E-state index in [9.17, 15) is 0 Å². The molecule has 0 radical (unpaired) electrons. The van der Waals surface area contributed by atoms with Gasteiger partial charge in [-0.2, -0.15) is 6.42 Å². The first-order chi connectivity index (χ1) is 4.43. The summed E-state index contributed by atoms with van der Waals surface area (Å²) in [7, 11) is 0. The van der Waals surface area contributed by atoms with E-state index in [1.165, 1.54) is 13.0 Å². The Balaban J connectivity index is 0.000000810. The average Bonchev–Trinajstić information content (AvgIpc) is 1.91. The Kier molecular flexibility index (Phi) is 6.22. The molecule has 0 bridgehead atoms. The van der Waals surface area contributed by atoms with Gasteiger partial charge in [0.1, 0.15) is 0 Å². The molecule has 0 saturated carbocycles. The number of hydrogen-bond acceptors (Lipinski definition) is 1. The van der Waals surface area contributed by atoms with Crippen molar-refractivity contribution in [3.8, 4) is 0 Å². The molecule has 0 saturated heterocycles. The fourth-order valence-corrected chi connectivity index (χ4v) is 1.12. The Hall–Kier alpha value is 0.297. The molecule has 1 rings (SSSR count). The smallest absolute Gasteiger partial charge is 0.342 e. The molecule has 2 heteroatoms. The third kappa shape index (κ3) is 3.46. The zero-order valence-electron chi connectivity index (χ0n) is 6.84. The quantitative estimate of drug-likeness (QED) is 0.250. The fourth-order valence-electron chi connectivity index (χ4n) is 1.12. The van der Waals surface area contributed by atoms with Gasteiger partial charge in [0.25, 0.3) is 0 Å². The van der Waals surface area contributed by atoms with Crippen molar-refractivity contribution in [2.45, 2.75) is 12.8 Å². The minimum atomic E-state index is 0. The third-order valence-electron chi connectivity index (χ3n) is 1.62. The van der Waals surface area contributed by atoms with Crippen LogP contribution < -0.4 is 18.9 Å². The Morgan fingerprint density at radius 1 is 1.40 bits per heavy atom. The van der Waals surface area contributed by atoms with Gasteiger partial charge in [0, 0.05) is 13.1 Å². The van der Waals surface area contributed by atoms with Gasteiger partial charge in [0.15, 0.2) is 0 Å². The zero-order valence-corrected chi connectivity index (χ0v) is 6.84. The van der Waals surface area contributed by atoms with Crippen LogP contribution in [0.15, 0.2) is 12.2 Å². The summed E-state index contributed by atoms with van der Waals surface area (Å²) in [6.07, 6.45) is 6.74. The molecule has 0 unspecified atom stereocenters. The Morgan fingerprint density at radius 2 is 2.20 bits per heavy atom. The van der Waals surface area contributed by atoms with E-state index in [0.29, 0.717) is 0 Å². The van der Waals surface area contributed by atoms with E-state index >= 15 is 0 Å². The second-order valence-electron chi connectivity index (χ2n) is 2.41. The summed E-state index contributed by atoms with van der Waals surface area (Å²) in [6.45, 7) is 7.33. The van der Waals surface area contributed by atoms with E-state index in [1.807, 2.05) is 0 Å². The molecule has 1 aliphatic rings. The first-order valence-electron chi connectivity index (χ1n) is 3.60. The van der Waals surface area contributed by atoms with E-state index in [1.54, 1.807) is 0 Å². The van der Waals surface area contributed by atoms with Gasteiger partial charge in [-0.15, -0.1) is 0 Å². The molecule has 0 aromatic carbocycles. The van der Waals surface area contributed by atoms with Gasteiger partial charge in [-0.3, -0.25) is 0 Å². The summed E-state index contributed by atoms with van der Waals surface area (Å²) in [5, 5.41) is 0. The Morgan fingerprint density at radius 3 is 2.70 bits per heavy atom. The van der Waals surface area contributed by atoms with Crippen LogP contribution >= 0.6 is 0 Å². The van der Waals surface area contributed by atoms with Gasteiger partial charge >= 0.3 is 18.9 Å². The van der Waals surface area contributed by atoms with Crippen LogP contribution in [0.3, 0.4) is 0 Å². The van der Waals surface area contributed by atoms with Gasteiger partial charge in [-0.25, -0.2) is 0 Å². The Labute approximate surface area is 75.7 Å². The molecule has 0 spiro atoms. The van der Waals surface area contributed by atoms with Crippen molar-refractivity contribution in [1.82, 2.24) is 4.90 Å². The van der Waals surface area contributed by atoms with Crippen LogP contribution in [0.2, 0.25) is 0 Å². The van der Waals surface area contributed by atoms with Gasteiger partial charge in [-0.05, 0) is 13.0 Å². The molecule has 0 aromatic rings. The topological polar surface area (TPSA) is 3.24 Å². The van der Waals surface area contributed by atoms with Crippen LogP contribution in [0.4, 0.5) is 0 Å². The summed E-state index contributed by atoms with van der Waals surface area (Å²) >= 11 is 0. The van der Waals surface area contributed by atoms with Crippen LogP contribution in [-0.4, -0.2) is 24.5 Å². The minimum absolute atomic E-state index is 0. The van der Waals surface area contributed by atoms with Gasteiger partial charge in [0.05, 0.1) is 0 Å². The number of rotatable bonds is 2. The summed E-state index contributed by atoms with van der Waals surface area (Å²) in [4.78, 5) is 2.42. The Bertz CT molecular complexity index is 101. The summed E-state index contributed by atoms with van der Waals surface area (Å²) in [6, 6.07) is 0. The summed E-state index contributed by atoms with van der Waals surface area (Å²) < 4.78 is 0. The number of nitrogens with zero attached hydrogens (tertiary/aromatic N) is 1. The maximum atomic E-state index is 3.81. The molecular formula is C8H14LiN. The first kappa shape index (κ1) is 10.3. The predicted molar refractivity (Wildman–Crippen MR) is 40.2 cm³/mol. The van der Waals surface area contributed by atoms with Gasteiger partial charge < -0.3 is 11.8 Å². The standard InChI is InChI=1S/C8H14N.Li/c1-2-6-9-7-4-3-5-8-9;/h3-4H,1-2,5-8H2;/q-1;+1. The van der Waals surface area contributed by atoms with Crippen LogP contribution in [0.5, 0.6) is 0 Å².